The molecule has 2 aromatic carbocycles. The average Bonchev–Trinajstić information content (AvgIpc) is 3.45. The summed E-state index contributed by atoms with van der Waals surface area (Å²) in [5.74, 6) is -1.53. The number of nitrogens with zero attached hydrogens (tertiary/aromatic N) is 1. The maximum Gasteiger partial charge on any atom is 0.333 e. The zero-order valence-corrected chi connectivity index (χ0v) is 16.1. The summed E-state index contributed by atoms with van der Waals surface area (Å²) in [5.41, 5.74) is 2.18. The summed E-state index contributed by atoms with van der Waals surface area (Å²) in [6.07, 6.45) is 3.67. The van der Waals surface area contributed by atoms with Gasteiger partial charge in [0.05, 0.1) is 0 Å². The number of benzene rings is 2. The molecule has 1 saturated carbocycles. The summed E-state index contributed by atoms with van der Waals surface area (Å²) in [6.45, 7) is 2.13. The lowest BCUT2D eigenvalue weighted by Gasteiger charge is -2.13. The van der Waals surface area contributed by atoms with E-state index in [9.17, 15) is 13.2 Å². The largest absolute Gasteiger partial charge is 0.479 e. The van der Waals surface area contributed by atoms with Crippen LogP contribution in [0.2, 0.25) is 0 Å². The zero-order valence-electron chi connectivity index (χ0n) is 15.3. The molecule has 0 amide bonds. The number of hydrogen-bond acceptors (Lipinski definition) is 5. The minimum atomic E-state index is -2.69. The third-order valence-corrected chi connectivity index (χ3v) is 5.42. The van der Waals surface area contributed by atoms with Gasteiger partial charge in [0.25, 0.3) is 0 Å². The summed E-state index contributed by atoms with van der Waals surface area (Å²) in [7, 11) is -2.69. The van der Waals surface area contributed by atoms with Gasteiger partial charge in [-0.1, -0.05) is 66.7 Å². The molecule has 0 unspecified atom stereocenters. The van der Waals surface area contributed by atoms with Crippen LogP contribution in [-0.4, -0.2) is 38.1 Å². The van der Waals surface area contributed by atoms with Crippen LogP contribution in [0.3, 0.4) is 0 Å². The van der Waals surface area contributed by atoms with E-state index in [1.807, 2.05) is 6.07 Å². The fourth-order valence-corrected chi connectivity index (χ4v) is 3.92. The van der Waals surface area contributed by atoms with E-state index in [-0.39, 0.29) is 12.3 Å². The van der Waals surface area contributed by atoms with E-state index >= 15 is 0 Å². The number of carboxylic acid groups (broad SMARTS) is 1. The van der Waals surface area contributed by atoms with E-state index in [4.69, 9.17) is 5.11 Å². The quantitative estimate of drug-likeness (QED) is 0.825. The van der Waals surface area contributed by atoms with Crippen LogP contribution in [0.1, 0.15) is 29.9 Å². The molecule has 0 radical (unpaired) electrons. The Hall–Kier alpha value is -2.77. The van der Waals surface area contributed by atoms with Crippen molar-refractivity contribution in [2.75, 3.05) is 13.1 Å². The minimum absolute atomic E-state index is 0.236. The molecule has 1 fully saturated rings. The summed E-state index contributed by atoms with van der Waals surface area (Å²) in [6, 6.07) is 19.5. The predicted octanol–water partition coefficient (Wildman–Crippen LogP) is 3.12. The Balaban J connectivity index is 0.000000167. The van der Waals surface area contributed by atoms with Crippen LogP contribution >= 0.6 is 0 Å². The van der Waals surface area contributed by atoms with E-state index in [0.717, 1.165) is 25.1 Å². The molecular formula is C21H22N2O4S. The van der Waals surface area contributed by atoms with Crippen molar-refractivity contribution >= 4 is 22.0 Å². The van der Waals surface area contributed by atoms with Crippen molar-refractivity contribution in [3.63, 3.8) is 0 Å². The normalized spacial score (nSPS) is 22.9. The maximum atomic E-state index is 11.0. The summed E-state index contributed by atoms with van der Waals surface area (Å²) >= 11 is 0. The first-order valence-corrected chi connectivity index (χ1v) is 10.1. The predicted molar refractivity (Wildman–Crippen MR) is 107 cm³/mol. The zero-order chi connectivity index (χ0) is 20.0. The Kier molecular flexibility index (Phi) is 6.38. The molecular weight excluding hydrogens is 376 g/mol. The molecule has 2 aromatic rings. The van der Waals surface area contributed by atoms with Crippen molar-refractivity contribution in [1.29, 1.82) is 0 Å². The van der Waals surface area contributed by atoms with Gasteiger partial charge in [-0.15, -0.1) is 0 Å². The highest BCUT2D eigenvalue weighted by atomic mass is 32.2. The monoisotopic (exact) mass is 398 g/mol. The second kappa shape index (κ2) is 8.95. The third-order valence-electron chi connectivity index (χ3n) is 4.95. The van der Waals surface area contributed by atoms with E-state index < -0.39 is 22.0 Å². The molecule has 1 aliphatic heterocycles. The van der Waals surface area contributed by atoms with Crippen LogP contribution < -0.4 is 5.32 Å². The first-order valence-electron chi connectivity index (χ1n) is 9.09. The molecule has 7 heteroatoms. The SMILES string of the molecule is C1=C(c2ccccc2)CCNC1.O=C(O)[C@@]1(N=S(=O)=O)C[C@H]1c1ccccc1. The van der Waals surface area contributed by atoms with Crippen LogP contribution in [0.5, 0.6) is 0 Å². The molecule has 2 atom stereocenters. The van der Waals surface area contributed by atoms with E-state index in [1.165, 1.54) is 11.1 Å². The van der Waals surface area contributed by atoms with Gasteiger partial charge >= 0.3 is 16.5 Å². The van der Waals surface area contributed by atoms with Crippen LogP contribution in [0, 0.1) is 0 Å². The van der Waals surface area contributed by atoms with Gasteiger partial charge in [0, 0.05) is 12.5 Å². The van der Waals surface area contributed by atoms with Gasteiger partial charge in [-0.3, -0.25) is 0 Å². The van der Waals surface area contributed by atoms with Gasteiger partial charge in [-0.05, 0) is 36.1 Å². The van der Waals surface area contributed by atoms with Crippen molar-refractivity contribution in [3.8, 4) is 0 Å². The molecule has 2 N–H and O–H groups in total. The van der Waals surface area contributed by atoms with Crippen molar-refractivity contribution in [2.24, 2.45) is 4.36 Å². The van der Waals surface area contributed by atoms with Crippen molar-refractivity contribution < 1.29 is 18.3 Å². The van der Waals surface area contributed by atoms with Crippen LogP contribution in [-0.2, 0) is 15.3 Å². The lowest BCUT2D eigenvalue weighted by molar-refractivity contribution is -0.139. The molecule has 146 valence electrons. The van der Waals surface area contributed by atoms with E-state index in [2.05, 4.69) is 46.1 Å². The highest BCUT2D eigenvalue weighted by Gasteiger charge is 2.62. The lowest BCUT2D eigenvalue weighted by Crippen LogP contribution is -2.21. The number of carboxylic acids is 1. The number of nitrogens with one attached hydrogen (secondary N) is 1. The van der Waals surface area contributed by atoms with Crippen LogP contribution in [0.25, 0.3) is 5.57 Å². The molecule has 0 bridgehead atoms. The fourth-order valence-electron chi connectivity index (χ4n) is 3.38. The molecule has 4 rings (SSSR count). The van der Waals surface area contributed by atoms with Crippen LogP contribution in [0.4, 0.5) is 0 Å². The third kappa shape index (κ3) is 4.74. The summed E-state index contributed by atoms with van der Waals surface area (Å²) in [4.78, 5) is 11.0. The molecule has 1 aliphatic carbocycles. The van der Waals surface area contributed by atoms with Gasteiger partial charge in [-0.25, -0.2) is 4.79 Å². The molecule has 28 heavy (non-hydrogen) atoms. The molecule has 2 aliphatic rings. The standard InChI is InChI=1S/C11H13N.C10H9NO4S/c1-2-4-10(5-3-1)11-6-8-12-9-7-11;12-9(13)10(11-16(14)15)6-8(10)7-4-2-1-3-5-7/h1-6,12H,7-9H2;1-5,8H,6H2,(H,12,13)/t;8-,10+/m.0/s1. The Labute approximate surface area is 165 Å². The summed E-state index contributed by atoms with van der Waals surface area (Å²) < 4.78 is 24.3. The number of aliphatic carboxylic acids is 1. The van der Waals surface area contributed by atoms with Gasteiger partial charge < -0.3 is 10.4 Å². The Morgan fingerprint density at radius 2 is 1.71 bits per heavy atom. The Bertz CT molecular complexity index is 980. The molecule has 0 spiro atoms. The molecule has 1 heterocycles. The number of carbonyl (C=O) groups is 1. The number of rotatable bonds is 4. The fraction of sp³-hybridized carbons (Fsp3) is 0.286. The van der Waals surface area contributed by atoms with E-state index in [1.54, 1.807) is 24.3 Å². The summed E-state index contributed by atoms with van der Waals surface area (Å²) in [5, 5.41) is 12.3. The molecule has 6 nitrogen and oxygen atoms in total. The van der Waals surface area contributed by atoms with Crippen molar-refractivity contribution in [2.45, 2.75) is 24.3 Å². The highest BCUT2D eigenvalue weighted by molar-refractivity contribution is 7.61. The van der Waals surface area contributed by atoms with Gasteiger partial charge in [-0.2, -0.15) is 12.8 Å². The minimum Gasteiger partial charge on any atom is -0.479 e. The van der Waals surface area contributed by atoms with Crippen LogP contribution in [0.15, 0.2) is 71.1 Å². The molecule has 0 aromatic heterocycles. The Morgan fingerprint density at radius 1 is 1.07 bits per heavy atom. The van der Waals surface area contributed by atoms with Crippen molar-refractivity contribution in [1.82, 2.24) is 5.32 Å². The first-order chi connectivity index (χ1) is 13.5. The van der Waals surface area contributed by atoms with E-state index in [0.29, 0.717) is 0 Å². The number of hydrogen-bond donors (Lipinski definition) is 2. The topological polar surface area (TPSA) is 95.8 Å². The average molecular weight is 398 g/mol. The second-order valence-electron chi connectivity index (χ2n) is 6.75. The van der Waals surface area contributed by atoms with Crippen molar-refractivity contribution in [3.05, 3.63) is 77.9 Å². The molecule has 0 saturated heterocycles. The smallest absolute Gasteiger partial charge is 0.333 e. The van der Waals surface area contributed by atoms with Gasteiger partial charge in [0.2, 0.25) is 0 Å². The highest BCUT2D eigenvalue weighted by Crippen LogP contribution is 2.54. The van der Waals surface area contributed by atoms with Gasteiger partial charge in [0.15, 0.2) is 5.54 Å². The first kappa shape index (κ1) is 20.0. The maximum absolute atomic E-state index is 11.0. The lowest BCUT2D eigenvalue weighted by atomic mass is 10.0. The Morgan fingerprint density at radius 3 is 2.25 bits per heavy atom. The van der Waals surface area contributed by atoms with Gasteiger partial charge in [0.1, 0.15) is 0 Å². The second-order valence-corrected chi connectivity index (χ2v) is 7.37.